The number of aromatic nitrogens is 2. The summed E-state index contributed by atoms with van der Waals surface area (Å²) < 4.78 is 5.91. The van der Waals surface area contributed by atoms with Gasteiger partial charge in [0.25, 0.3) is 0 Å². The second-order valence-corrected chi connectivity index (χ2v) is 5.16. The van der Waals surface area contributed by atoms with E-state index < -0.39 is 12.0 Å². The summed E-state index contributed by atoms with van der Waals surface area (Å²) in [5.41, 5.74) is 1.23. The molecule has 1 aromatic heterocycles. The molecule has 23 heavy (non-hydrogen) atoms. The van der Waals surface area contributed by atoms with Gasteiger partial charge in [-0.3, -0.25) is 0 Å². The molecule has 6 nitrogen and oxygen atoms in total. The number of hydrogen-bond donors (Lipinski definition) is 1. The molecular weight excluding hydrogens is 318 g/mol. The van der Waals surface area contributed by atoms with Crippen LogP contribution in [0.5, 0.6) is 0 Å². The molecule has 0 atom stereocenters. The first-order valence-electron chi connectivity index (χ1n) is 6.72. The molecule has 0 radical (unpaired) electrons. The number of nitrogens with one attached hydrogen (secondary N) is 1. The van der Waals surface area contributed by atoms with Crippen LogP contribution in [0, 0.1) is 0 Å². The summed E-state index contributed by atoms with van der Waals surface area (Å²) in [5.74, 6) is -0.530. The van der Waals surface area contributed by atoms with Crippen molar-refractivity contribution in [3.05, 3.63) is 59.2 Å². The van der Waals surface area contributed by atoms with E-state index in [1.807, 2.05) is 0 Å². The normalized spacial score (nSPS) is 10.5. The van der Waals surface area contributed by atoms with Crippen molar-refractivity contribution < 1.29 is 14.3 Å². The van der Waals surface area contributed by atoms with Crippen molar-refractivity contribution in [2.75, 3.05) is 12.4 Å². The zero-order valence-electron chi connectivity index (χ0n) is 12.1. The number of amides is 1. The van der Waals surface area contributed by atoms with Crippen molar-refractivity contribution in [2.24, 2.45) is 0 Å². The van der Waals surface area contributed by atoms with Gasteiger partial charge in [-0.15, -0.1) is 0 Å². The van der Waals surface area contributed by atoms with E-state index in [1.54, 1.807) is 48.7 Å². The van der Waals surface area contributed by atoms with Crippen molar-refractivity contribution in [2.45, 2.75) is 0 Å². The lowest BCUT2D eigenvalue weighted by Crippen LogP contribution is -2.22. The van der Waals surface area contributed by atoms with Crippen LogP contribution < -0.4 is 5.32 Å². The smallest absolute Gasteiger partial charge is 0.347 e. The molecule has 0 spiro atoms. The number of ether oxygens (including phenoxy) is 1. The number of anilines is 1. The van der Waals surface area contributed by atoms with E-state index in [4.69, 9.17) is 16.3 Å². The SMILES string of the molecule is COC(=O)c1ccccc1NC(=O)n1ncc2cc(Cl)ccc21. The van der Waals surface area contributed by atoms with Crippen LogP contribution in [0.2, 0.25) is 5.02 Å². The first-order valence-corrected chi connectivity index (χ1v) is 7.10. The Kier molecular flexibility index (Phi) is 3.99. The zero-order chi connectivity index (χ0) is 16.4. The minimum atomic E-state index is -0.530. The first kappa shape index (κ1) is 15.1. The Bertz CT molecular complexity index is 904. The van der Waals surface area contributed by atoms with Gasteiger partial charge in [0.2, 0.25) is 0 Å². The Hall–Kier alpha value is -2.86. The number of carbonyl (C=O) groups excluding carboxylic acids is 2. The number of para-hydroxylation sites is 1. The predicted molar refractivity (Wildman–Crippen MR) is 86.9 cm³/mol. The molecular formula is C16H12ClN3O3. The Morgan fingerprint density at radius 1 is 1.22 bits per heavy atom. The van der Waals surface area contributed by atoms with Crippen LogP contribution in [0.1, 0.15) is 10.4 Å². The molecule has 3 aromatic rings. The summed E-state index contributed by atoms with van der Waals surface area (Å²) in [4.78, 5) is 24.2. The molecule has 0 bridgehead atoms. The van der Waals surface area contributed by atoms with Crippen molar-refractivity contribution in [1.29, 1.82) is 0 Å². The molecule has 0 aliphatic rings. The summed E-state index contributed by atoms with van der Waals surface area (Å²) in [6.45, 7) is 0. The predicted octanol–water partition coefficient (Wildman–Crippen LogP) is 3.56. The number of hydrogen-bond acceptors (Lipinski definition) is 4. The van der Waals surface area contributed by atoms with E-state index in [-0.39, 0.29) is 5.56 Å². The van der Waals surface area contributed by atoms with Gasteiger partial charge in [0.15, 0.2) is 0 Å². The molecule has 0 fully saturated rings. The fourth-order valence-electron chi connectivity index (χ4n) is 2.21. The van der Waals surface area contributed by atoms with E-state index in [2.05, 4.69) is 10.4 Å². The Morgan fingerprint density at radius 3 is 2.78 bits per heavy atom. The average Bonchev–Trinajstić information content (AvgIpc) is 2.97. The number of rotatable bonds is 2. The molecule has 0 saturated heterocycles. The third kappa shape index (κ3) is 2.89. The molecule has 0 aliphatic heterocycles. The van der Waals surface area contributed by atoms with Crippen molar-refractivity contribution >= 4 is 40.2 Å². The van der Waals surface area contributed by atoms with Gasteiger partial charge in [0, 0.05) is 10.4 Å². The fraction of sp³-hybridized carbons (Fsp3) is 0.0625. The minimum Gasteiger partial charge on any atom is -0.465 e. The molecule has 1 amide bonds. The maximum atomic E-state index is 12.4. The molecule has 7 heteroatoms. The van der Waals surface area contributed by atoms with Gasteiger partial charge in [0.1, 0.15) is 0 Å². The van der Waals surface area contributed by atoms with Crippen LogP contribution in [0.15, 0.2) is 48.7 Å². The third-order valence-corrected chi connectivity index (χ3v) is 3.53. The summed E-state index contributed by atoms with van der Waals surface area (Å²) >= 11 is 5.92. The molecule has 0 unspecified atom stereocenters. The standard InChI is InChI=1S/C16H12ClN3O3/c1-23-15(21)12-4-2-3-5-13(12)19-16(22)20-14-7-6-11(17)8-10(14)9-18-20/h2-9H,1H3,(H,19,22). The van der Waals surface area contributed by atoms with Gasteiger partial charge in [-0.1, -0.05) is 23.7 Å². The zero-order valence-corrected chi connectivity index (χ0v) is 12.9. The Morgan fingerprint density at radius 2 is 2.00 bits per heavy atom. The highest BCUT2D eigenvalue weighted by Crippen LogP contribution is 2.20. The molecule has 1 heterocycles. The summed E-state index contributed by atoms with van der Waals surface area (Å²) in [7, 11) is 1.28. The largest absolute Gasteiger partial charge is 0.465 e. The Balaban J connectivity index is 1.94. The second-order valence-electron chi connectivity index (χ2n) is 4.73. The van der Waals surface area contributed by atoms with Crippen LogP contribution >= 0.6 is 11.6 Å². The van der Waals surface area contributed by atoms with Gasteiger partial charge in [0.05, 0.1) is 30.1 Å². The van der Waals surface area contributed by atoms with Gasteiger partial charge >= 0.3 is 12.0 Å². The van der Waals surface area contributed by atoms with E-state index in [9.17, 15) is 9.59 Å². The molecule has 0 saturated carbocycles. The molecule has 0 aliphatic carbocycles. The molecule has 116 valence electrons. The quantitative estimate of drug-likeness (QED) is 0.730. The monoisotopic (exact) mass is 329 g/mol. The number of esters is 1. The lowest BCUT2D eigenvalue weighted by molar-refractivity contribution is 0.0602. The lowest BCUT2D eigenvalue weighted by Gasteiger charge is -2.09. The van der Waals surface area contributed by atoms with Gasteiger partial charge in [-0.2, -0.15) is 9.78 Å². The van der Waals surface area contributed by atoms with E-state index in [1.165, 1.54) is 11.8 Å². The van der Waals surface area contributed by atoms with Crippen molar-refractivity contribution in [1.82, 2.24) is 9.78 Å². The summed E-state index contributed by atoms with van der Waals surface area (Å²) in [6.07, 6.45) is 1.55. The molecule has 1 N–H and O–H groups in total. The maximum Gasteiger partial charge on any atom is 0.347 e. The summed E-state index contributed by atoms with van der Waals surface area (Å²) in [6, 6.07) is 11.2. The number of nitrogens with zero attached hydrogens (tertiary/aromatic N) is 2. The van der Waals surface area contributed by atoms with Gasteiger partial charge in [-0.25, -0.2) is 9.59 Å². The van der Waals surface area contributed by atoms with E-state index in [0.717, 1.165) is 5.39 Å². The van der Waals surface area contributed by atoms with Crippen LogP contribution in [-0.2, 0) is 4.74 Å². The molecule has 2 aromatic carbocycles. The number of fused-ring (bicyclic) bond motifs is 1. The topological polar surface area (TPSA) is 73.2 Å². The number of carbonyl (C=O) groups is 2. The second kappa shape index (κ2) is 6.10. The fourth-order valence-corrected chi connectivity index (χ4v) is 2.39. The highest BCUT2D eigenvalue weighted by Gasteiger charge is 2.16. The van der Waals surface area contributed by atoms with Gasteiger partial charge < -0.3 is 10.1 Å². The van der Waals surface area contributed by atoms with E-state index in [0.29, 0.717) is 16.2 Å². The number of benzene rings is 2. The van der Waals surface area contributed by atoms with Crippen LogP contribution in [0.3, 0.4) is 0 Å². The first-order chi connectivity index (χ1) is 11.1. The number of methoxy groups -OCH3 is 1. The number of halogens is 1. The van der Waals surface area contributed by atoms with Crippen LogP contribution in [-0.4, -0.2) is 28.9 Å². The molecule has 3 rings (SSSR count). The minimum absolute atomic E-state index is 0.267. The van der Waals surface area contributed by atoms with Crippen LogP contribution in [0.4, 0.5) is 10.5 Å². The summed E-state index contributed by atoms with van der Waals surface area (Å²) in [5, 5.41) is 8.03. The van der Waals surface area contributed by atoms with Crippen LogP contribution in [0.25, 0.3) is 10.9 Å². The highest BCUT2D eigenvalue weighted by atomic mass is 35.5. The highest BCUT2D eigenvalue weighted by molar-refractivity contribution is 6.31. The third-order valence-electron chi connectivity index (χ3n) is 3.30. The lowest BCUT2D eigenvalue weighted by atomic mass is 10.2. The Labute approximate surface area is 136 Å². The van der Waals surface area contributed by atoms with Gasteiger partial charge in [-0.05, 0) is 30.3 Å². The maximum absolute atomic E-state index is 12.4. The van der Waals surface area contributed by atoms with E-state index >= 15 is 0 Å². The average molecular weight is 330 g/mol. The van der Waals surface area contributed by atoms with Crippen molar-refractivity contribution in [3.8, 4) is 0 Å². The van der Waals surface area contributed by atoms with Crippen molar-refractivity contribution in [3.63, 3.8) is 0 Å².